The molecule has 4 rings (SSSR count). The van der Waals surface area contributed by atoms with E-state index >= 15 is 0 Å². The van der Waals surface area contributed by atoms with E-state index in [1.165, 1.54) is 29.1 Å². The molecule has 4 aromatic rings. The maximum atomic E-state index is 11.7. The Morgan fingerprint density at radius 3 is 2.33 bits per heavy atom. The van der Waals surface area contributed by atoms with Crippen LogP contribution >= 0.6 is 0 Å². The number of para-hydroxylation sites is 1. The third-order valence-corrected chi connectivity index (χ3v) is 4.36. The lowest BCUT2D eigenvalue weighted by molar-refractivity contribution is -0.384. The van der Waals surface area contributed by atoms with Gasteiger partial charge in [0, 0.05) is 23.9 Å². The SMILES string of the molecule is O=C(O)c1cn(-c2cccc([N+](=O)[O-])c2)nc1-c1ccc(Oc2ccccc2)cc1. The van der Waals surface area contributed by atoms with Crippen LogP contribution in [0.2, 0.25) is 0 Å². The van der Waals surface area contributed by atoms with E-state index in [4.69, 9.17) is 4.74 Å². The van der Waals surface area contributed by atoms with Crippen molar-refractivity contribution in [1.82, 2.24) is 9.78 Å². The van der Waals surface area contributed by atoms with Crippen molar-refractivity contribution in [3.05, 3.63) is 101 Å². The van der Waals surface area contributed by atoms with Crippen molar-refractivity contribution in [2.45, 2.75) is 0 Å². The Bertz CT molecular complexity index is 1220. The Balaban J connectivity index is 1.68. The highest BCUT2D eigenvalue weighted by Gasteiger charge is 2.19. The summed E-state index contributed by atoms with van der Waals surface area (Å²) in [6.07, 6.45) is 1.34. The van der Waals surface area contributed by atoms with Crippen molar-refractivity contribution in [1.29, 1.82) is 0 Å². The molecule has 0 fully saturated rings. The fraction of sp³-hybridized carbons (Fsp3) is 0. The van der Waals surface area contributed by atoms with Crippen LogP contribution in [0.1, 0.15) is 10.4 Å². The normalized spacial score (nSPS) is 10.5. The molecule has 0 amide bonds. The highest BCUT2D eigenvalue weighted by atomic mass is 16.6. The highest BCUT2D eigenvalue weighted by molar-refractivity contribution is 5.94. The Kier molecular flexibility index (Phi) is 4.96. The summed E-state index contributed by atoms with van der Waals surface area (Å²) in [5.41, 5.74) is 1.10. The molecule has 0 atom stereocenters. The Morgan fingerprint density at radius 2 is 1.67 bits per heavy atom. The molecule has 0 aliphatic rings. The predicted octanol–water partition coefficient (Wildman–Crippen LogP) is 4.94. The van der Waals surface area contributed by atoms with Gasteiger partial charge >= 0.3 is 5.97 Å². The summed E-state index contributed by atoms with van der Waals surface area (Å²) in [5, 5.41) is 25.0. The number of carbonyl (C=O) groups is 1. The Hall–Kier alpha value is -4.46. The van der Waals surface area contributed by atoms with Crippen LogP contribution in [0.25, 0.3) is 16.9 Å². The molecule has 1 N–H and O–H groups in total. The first-order valence-corrected chi connectivity index (χ1v) is 8.92. The minimum Gasteiger partial charge on any atom is -0.478 e. The second kappa shape index (κ2) is 7.88. The van der Waals surface area contributed by atoms with E-state index in [2.05, 4.69) is 5.10 Å². The topological polar surface area (TPSA) is 107 Å². The monoisotopic (exact) mass is 401 g/mol. The maximum Gasteiger partial charge on any atom is 0.339 e. The quantitative estimate of drug-likeness (QED) is 0.362. The second-order valence-corrected chi connectivity index (χ2v) is 6.36. The van der Waals surface area contributed by atoms with Gasteiger partial charge in [-0.25, -0.2) is 9.48 Å². The van der Waals surface area contributed by atoms with Gasteiger partial charge in [-0.1, -0.05) is 24.3 Å². The fourth-order valence-electron chi connectivity index (χ4n) is 2.93. The lowest BCUT2D eigenvalue weighted by atomic mass is 10.1. The van der Waals surface area contributed by atoms with E-state index in [9.17, 15) is 20.0 Å². The molecule has 148 valence electrons. The lowest BCUT2D eigenvalue weighted by Gasteiger charge is -2.06. The van der Waals surface area contributed by atoms with Gasteiger partial charge in [0.1, 0.15) is 22.8 Å². The van der Waals surface area contributed by atoms with Crippen molar-refractivity contribution in [3.8, 4) is 28.4 Å². The van der Waals surface area contributed by atoms with Crippen LogP contribution in [0.5, 0.6) is 11.5 Å². The number of hydrogen-bond donors (Lipinski definition) is 1. The number of nitro groups is 1. The largest absolute Gasteiger partial charge is 0.478 e. The van der Waals surface area contributed by atoms with E-state index in [0.29, 0.717) is 22.7 Å². The molecule has 0 saturated carbocycles. The molecule has 30 heavy (non-hydrogen) atoms. The van der Waals surface area contributed by atoms with Crippen molar-refractivity contribution in [3.63, 3.8) is 0 Å². The van der Waals surface area contributed by atoms with E-state index in [1.807, 2.05) is 30.3 Å². The summed E-state index contributed by atoms with van der Waals surface area (Å²) in [5.74, 6) is 0.137. The number of carboxylic acids is 1. The maximum absolute atomic E-state index is 11.7. The first kappa shape index (κ1) is 18.9. The van der Waals surface area contributed by atoms with E-state index < -0.39 is 10.9 Å². The molecule has 0 aliphatic heterocycles. The van der Waals surface area contributed by atoms with E-state index in [0.717, 1.165) is 0 Å². The van der Waals surface area contributed by atoms with Crippen molar-refractivity contribution in [2.24, 2.45) is 0 Å². The number of rotatable bonds is 6. The van der Waals surface area contributed by atoms with Crippen molar-refractivity contribution in [2.75, 3.05) is 0 Å². The zero-order valence-electron chi connectivity index (χ0n) is 15.5. The van der Waals surface area contributed by atoms with Gasteiger partial charge in [-0.15, -0.1) is 0 Å². The second-order valence-electron chi connectivity index (χ2n) is 6.36. The molecule has 1 heterocycles. The van der Waals surface area contributed by atoms with Crippen LogP contribution in [-0.2, 0) is 0 Å². The summed E-state index contributed by atoms with van der Waals surface area (Å²) >= 11 is 0. The molecule has 0 saturated heterocycles. The lowest BCUT2D eigenvalue weighted by Crippen LogP contribution is -1.97. The average molecular weight is 401 g/mol. The van der Waals surface area contributed by atoms with Gasteiger partial charge in [0.15, 0.2) is 0 Å². The van der Waals surface area contributed by atoms with Gasteiger partial charge in [-0.3, -0.25) is 10.1 Å². The summed E-state index contributed by atoms with van der Waals surface area (Å²) < 4.78 is 7.07. The van der Waals surface area contributed by atoms with Gasteiger partial charge in [0.2, 0.25) is 0 Å². The van der Waals surface area contributed by atoms with Gasteiger partial charge in [-0.2, -0.15) is 5.10 Å². The Labute approximate surface area is 170 Å². The third-order valence-electron chi connectivity index (χ3n) is 4.36. The van der Waals surface area contributed by atoms with E-state index in [-0.39, 0.29) is 16.9 Å². The van der Waals surface area contributed by atoms with Gasteiger partial charge in [0.05, 0.1) is 10.6 Å². The average Bonchev–Trinajstić information content (AvgIpc) is 3.21. The number of aromatic carboxylic acids is 1. The number of ether oxygens (including phenoxy) is 1. The van der Waals surface area contributed by atoms with Crippen LogP contribution in [-0.4, -0.2) is 25.8 Å². The molecule has 0 radical (unpaired) electrons. The number of aromatic nitrogens is 2. The predicted molar refractivity (Wildman–Crippen MR) is 109 cm³/mol. The molecule has 3 aromatic carbocycles. The minimum atomic E-state index is -1.15. The number of benzene rings is 3. The summed E-state index contributed by atoms with van der Waals surface area (Å²) in [7, 11) is 0. The van der Waals surface area contributed by atoms with Gasteiger partial charge in [0.25, 0.3) is 5.69 Å². The number of nitro benzene ring substituents is 1. The molecular formula is C22H15N3O5. The van der Waals surface area contributed by atoms with Gasteiger partial charge < -0.3 is 9.84 Å². The summed E-state index contributed by atoms with van der Waals surface area (Å²) in [6, 6.07) is 22.0. The molecule has 1 aromatic heterocycles. The standard InChI is InChI=1S/C22H15N3O5/c26-22(27)20-14-24(16-5-4-6-17(13-16)25(28)29)23-21(20)15-9-11-19(12-10-15)30-18-7-2-1-3-8-18/h1-14H,(H,26,27). The first-order valence-electron chi connectivity index (χ1n) is 8.92. The third kappa shape index (κ3) is 3.88. The number of non-ortho nitro benzene ring substituents is 1. The van der Waals surface area contributed by atoms with Crippen LogP contribution < -0.4 is 4.74 Å². The minimum absolute atomic E-state index is 0.0155. The summed E-state index contributed by atoms with van der Waals surface area (Å²) in [4.78, 5) is 22.2. The summed E-state index contributed by atoms with van der Waals surface area (Å²) in [6.45, 7) is 0. The number of hydrogen-bond acceptors (Lipinski definition) is 5. The molecule has 0 unspecified atom stereocenters. The zero-order chi connectivity index (χ0) is 21.1. The van der Waals surface area contributed by atoms with Crippen molar-refractivity contribution < 1.29 is 19.6 Å². The van der Waals surface area contributed by atoms with Crippen molar-refractivity contribution >= 4 is 11.7 Å². The molecule has 0 bridgehead atoms. The van der Waals surface area contributed by atoms with Crippen LogP contribution in [0.3, 0.4) is 0 Å². The number of carboxylic acid groups (broad SMARTS) is 1. The zero-order valence-corrected chi connectivity index (χ0v) is 15.5. The van der Waals surface area contributed by atoms with Crippen LogP contribution in [0.4, 0.5) is 5.69 Å². The Morgan fingerprint density at radius 1 is 0.967 bits per heavy atom. The van der Waals surface area contributed by atoms with Gasteiger partial charge in [-0.05, 0) is 42.5 Å². The molecule has 0 spiro atoms. The molecule has 8 nitrogen and oxygen atoms in total. The highest BCUT2D eigenvalue weighted by Crippen LogP contribution is 2.28. The fourth-order valence-corrected chi connectivity index (χ4v) is 2.93. The first-order chi connectivity index (χ1) is 14.5. The van der Waals surface area contributed by atoms with Crippen LogP contribution in [0, 0.1) is 10.1 Å². The molecule has 8 heteroatoms. The smallest absolute Gasteiger partial charge is 0.339 e. The number of nitrogens with zero attached hydrogens (tertiary/aromatic N) is 3. The van der Waals surface area contributed by atoms with E-state index in [1.54, 1.807) is 30.3 Å². The molecular weight excluding hydrogens is 386 g/mol. The molecule has 0 aliphatic carbocycles. The van der Waals surface area contributed by atoms with Crippen LogP contribution in [0.15, 0.2) is 85.1 Å².